The van der Waals surface area contributed by atoms with Gasteiger partial charge in [-0.1, -0.05) is 13.3 Å². The van der Waals surface area contributed by atoms with E-state index < -0.39 is 35.3 Å². The number of unbranched alkanes of at least 4 members (excludes halogenated alkanes) is 1. The van der Waals surface area contributed by atoms with Crippen molar-refractivity contribution in [2.75, 3.05) is 6.61 Å². The van der Waals surface area contributed by atoms with Crippen molar-refractivity contribution in [2.45, 2.75) is 44.6 Å². The monoisotopic (exact) mass is 400 g/mol. The zero-order chi connectivity index (χ0) is 19.9. The van der Waals surface area contributed by atoms with Gasteiger partial charge in [0, 0.05) is 0 Å². The standard InChI is InChI=1S/C8H15N2.C4H4F6O4S/c1-3-4-5-10-7-6-9(2)8-10;5-2(4(8,9)10)3(6,7)1-14-15(11,12)13/h6-8H,3-5H2,1-2H3;2H,1H2,(H,11,12,13)/q+1;/p-1. The molecule has 148 valence electrons. The van der Waals surface area contributed by atoms with Crippen molar-refractivity contribution in [3.8, 4) is 0 Å². The molecule has 0 aliphatic rings. The van der Waals surface area contributed by atoms with Crippen LogP contribution in [-0.2, 0) is 28.2 Å². The summed E-state index contributed by atoms with van der Waals surface area (Å²) in [6.45, 7) is 0.861. The Morgan fingerprint density at radius 1 is 1.28 bits per heavy atom. The van der Waals surface area contributed by atoms with Crippen LogP contribution in [0.25, 0.3) is 0 Å². The number of aryl methyl sites for hydroxylation is 2. The Labute approximate surface area is 141 Å². The van der Waals surface area contributed by atoms with Crippen LogP contribution in [0.2, 0.25) is 0 Å². The minimum Gasteiger partial charge on any atom is -0.726 e. The molecule has 0 aliphatic carbocycles. The van der Waals surface area contributed by atoms with Gasteiger partial charge in [0.05, 0.1) is 13.6 Å². The van der Waals surface area contributed by atoms with Crippen molar-refractivity contribution in [3.63, 3.8) is 0 Å². The van der Waals surface area contributed by atoms with Crippen molar-refractivity contribution >= 4 is 10.4 Å². The second-order valence-corrected chi connectivity index (χ2v) is 6.06. The minimum absolute atomic E-state index is 1.15. The fourth-order valence-corrected chi connectivity index (χ4v) is 1.74. The number of aromatic nitrogens is 2. The van der Waals surface area contributed by atoms with Crippen LogP contribution < -0.4 is 4.57 Å². The van der Waals surface area contributed by atoms with Crippen LogP contribution in [0.3, 0.4) is 0 Å². The highest BCUT2D eigenvalue weighted by atomic mass is 32.3. The van der Waals surface area contributed by atoms with E-state index in [1.165, 1.54) is 12.8 Å². The van der Waals surface area contributed by atoms with E-state index in [0.717, 1.165) is 6.54 Å². The highest BCUT2D eigenvalue weighted by molar-refractivity contribution is 7.80. The summed E-state index contributed by atoms with van der Waals surface area (Å²) in [6.07, 6.45) is -1.66. The topological polar surface area (TPSA) is 75.2 Å². The fraction of sp³-hybridized carbons (Fsp3) is 0.750. The molecule has 0 radical (unpaired) electrons. The van der Waals surface area contributed by atoms with Crippen molar-refractivity contribution in [3.05, 3.63) is 18.7 Å². The number of halogens is 6. The molecule has 1 heterocycles. The first-order valence-electron chi connectivity index (χ1n) is 6.89. The maximum atomic E-state index is 12.2. The summed E-state index contributed by atoms with van der Waals surface area (Å²) in [6, 6.07) is 0. The predicted octanol–water partition coefficient (Wildman–Crippen LogP) is 2.11. The van der Waals surface area contributed by atoms with Crippen LogP contribution in [0.4, 0.5) is 26.3 Å². The summed E-state index contributed by atoms with van der Waals surface area (Å²) in [5.41, 5.74) is 0. The number of hydrogen-bond donors (Lipinski definition) is 0. The third-order valence-corrected chi connectivity index (χ3v) is 3.05. The third kappa shape index (κ3) is 10.3. The van der Waals surface area contributed by atoms with Gasteiger partial charge in [-0.3, -0.25) is 4.18 Å². The van der Waals surface area contributed by atoms with Crippen LogP contribution in [0.5, 0.6) is 0 Å². The van der Waals surface area contributed by atoms with Gasteiger partial charge < -0.3 is 4.55 Å². The molecule has 0 fully saturated rings. The first-order chi connectivity index (χ1) is 11.2. The number of rotatable bonds is 7. The van der Waals surface area contributed by atoms with Gasteiger partial charge in [-0.2, -0.15) is 13.2 Å². The third-order valence-electron chi connectivity index (χ3n) is 2.65. The molecule has 25 heavy (non-hydrogen) atoms. The summed E-state index contributed by atoms with van der Waals surface area (Å²) in [7, 11) is -3.56. The molecule has 1 aromatic rings. The van der Waals surface area contributed by atoms with Crippen molar-refractivity contribution in [1.29, 1.82) is 0 Å². The minimum atomic E-state index is -5.88. The molecule has 1 atom stereocenters. The van der Waals surface area contributed by atoms with Gasteiger partial charge >= 0.3 is 12.1 Å². The maximum absolute atomic E-state index is 12.2. The lowest BCUT2D eigenvalue weighted by atomic mass is 10.2. The Morgan fingerprint density at radius 2 is 1.84 bits per heavy atom. The molecule has 0 amide bonds. The molecule has 1 aromatic heterocycles. The Balaban J connectivity index is 0.000000496. The zero-order valence-corrected chi connectivity index (χ0v) is 14.2. The largest absolute Gasteiger partial charge is 0.726 e. The van der Waals surface area contributed by atoms with Gasteiger partial charge in [0.1, 0.15) is 19.0 Å². The highest BCUT2D eigenvalue weighted by Crippen LogP contribution is 2.35. The van der Waals surface area contributed by atoms with Crippen molar-refractivity contribution in [2.24, 2.45) is 7.05 Å². The lowest BCUT2D eigenvalue weighted by molar-refractivity contribution is -0.671. The molecular formula is C12H18F6N2O4S. The maximum Gasteiger partial charge on any atom is 0.425 e. The van der Waals surface area contributed by atoms with Crippen LogP contribution in [0, 0.1) is 0 Å². The number of imidazole rings is 1. The summed E-state index contributed by atoms with van der Waals surface area (Å²) >= 11 is 0. The quantitative estimate of drug-likeness (QED) is 0.304. The normalized spacial score (nSPS) is 14.0. The Hall–Kier alpha value is -1.34. The Morgan fingerprint density at radius 3 is 2.20 bits per heavy atom. The van der Waals surface area contributed by atoms with E-state index >= 15 is 0 Å². The Kier molecular flexibility index (Phi) is 8.88. The molecule has 13 heteroatoms. The average molecular weight is 400 g/mol. The second kappa shape index (κ2) is 9.38. The molecule has 0 bridgehead atoms. The summed E-state index contributed by atoms with van der Waals surface area (Å²) in [4.78, 5) is 0. The lowest BCUT2D eigenvalue weighted by Gasteiger charge is -2.22. The predicted molar refractivity (Wildman–Crippen MR) is 72.1 cm³/mol. The summed E-state index contributed by atoms with van der Waals surface area (Å²) < 4.78 is 107. The second-order valence-electron chi connectivity index (χ2n) is 5.01. The van der Waals surface area contributed by atoms with E-state index in [-0.39, 0.29) is 0 Å². The van der Waals surface area contributed by atoms with E-state index in [9.17, 15) is 39.3 Å². The van der Waals surface area contributed by atoms with E-state index in [1.54, 1.807) is 0 Å². The average Bonchev–Trinajstić information content (AvgIpc) is 2.87. The summed E-state index contributed by atoms with van der Waals surface area (Å²) in [5, 5.41) is 0. The molecule has 6 nitrogen and oxygen atoms in total. The van der Waals surface area contributed by atoms with Crippen molar-refractivity contribution < 1.29 is 48.1 Å². The first-order valence-corrected chi connectivity index (χ1v) is 8.22. The highest BCUT2D eigenvalue weighted by Gasteiger charge is 2.57. The number of nitrogens with zero attached hydrogens (tertiary/aromatic N) is 2. The number of alkyl halides is 6. The molecule has 0 aliphatic heterocycles. The number of hydrogen-bond acceptors (Lipinski definition) is 4. The van der Waals surface area contributed by atoms with E-state index in [4.69, 9.17) is 0 Å². The van der Waals surface area contributed by atoms with Crippen LogP contribution in [-0.4, -0.2) is 42.4 Å². The molecule has 0 spiro atoms. The van der Waals surface area contributed by atoms with Gasteiger partial charge in [-0.25, -0.2) is 30.7 Å². The summed E-state index contributed by atoms with van der Waals surface area (Å²) in [5.74, 6) is -5.14. The van der Waals surface area contributed by atoms with Gasteiger partial charge in [0.15, 0.2) is 0 Å². The van der Waals surface area contributed by atoms with Gasteiger partial charge in [-0.05, 0) is 6.42 Å². The van der Waals surface area contributed by atoms with Crippen LogP contribution in [0.15, 0.2) is 18.7 Å². The first kappa shape index (κ1) is 23.7. The van der Waals surface area contributed by atoms with E-state index in [2.05, 4.69) is 39.0 Å². The molecule has 1 rings (SSSR count). The molecule has 0 saturated carbocycles. The molecular weight excluding hydrogens is 382 g/mol. The SMILES string of the molecule is CCCCn1cc[n+](C)c1.O=S(=O)([O-])OCC(F)(F)C(F)C(F)(F)F. The smallest absolute Gasteiger partial charge is 0.425 e. The Bertz CT molecular complexity index is 617. The van der Waals surface area contributed by atoms with Gasteiger partial charge in [0.2, 0.25) is 16.7 Å². The van der Waals surface area contributed by atoms with E-state index in [0.29, 0.717) is 0 Å². The fourth-order valence-electron chi connectivity index (χ4n) is 1.44. The molecule has 1 unspecified atom stereocenters. The van der Waals surface area contributed by atoms with Gasteiger partial charge in [-0.15, -0.1) is 0 Å². The van der Waals surface area contributed by atoms with Crippen molar-refractivity contribution in [1.82, 2.24) is 4.57 Å². The van der Waals surface area contributed by atoms with Gasteiger partial charge in [0.25, 0.3) is 6.17 Å². The molecule has 0 saturated heterocycles. The zero-order valence-electron chi connectivity index (χ0n) is 13.3. The molecule has 0 N–H and O–H groups in total. The van der Waals surface area contributed by atoms with Crippen LogP contribution in [0.1, 0.15) is 19.8 Å². The lowest BCUT2D eigenvalue weighted by Crippen LogP contribution is -2.45. The van der Waals surface area contributed by atoms with E-state index in [1.807, 2.05) is 7.05 Å². The van der Waals surface area contributed by atoms with Crippen LogP contribution >= 0.6 is 0 Å². The molecule has 0 aromatic carbocycles.